The molecule has 6 atom stereocenters. The first-order valence-corrected chi connectivity index (χ1v) is 9.86. The second-order valence-corrected chi connectivity index (χ2v) is 9.55. The van der Waals surface area contributed by atoms with Crippen LogP contribution in [0.1, 0.15) is 31.2 Å². The van der Waals surface area contributed by atoms with E-state index in [0.717, 1.165) is 48.5 Å². The van der Waals surface area contributed by atoms with Crippen LogP contribution in [0.25, 0.3) is 5.57 Å². The standard InChI is InChI=1S/C18H17N3O2S/c22-9-3-10-18-4-8(9)21-2-1-7-6-19-14-12(7)16(21)13(18)15(17(14)23)20-11(5-18)24-10/h6,8-11,22-23H,1-5H2/p+1/t8?,9-,10?,11+,18-/m1/s1. The molecule has 5 heterocycles. The number of quaternary nitrogens is 1. The summed E-state index contributed by atoms with van der Waals surface area (Å²) in [7, 11) is 0. The molecule has 1 aliphatic carbocycles. The van der Waals surface area contributed by atoms with Crippen molar-refractivity contribution in [2.45, 2.75) is 53.9 Å². The van der Waals surface area contributed by atoms with Gasteiger partial charge in [-0.25, -0.2) is 0 Å². The molecule has 6 aliphatic rings. The van der Waals surface area contributed by atoms with Crippen molar-refractivity contribution in [3.63, 3.8) is 0 Å². The number of aliphatic hydroxyl groups is 1. The number of hydrogen-bond acceptors (Lipinski definition) is 5. The lowest BCUT2D eigenvalue weighted by atomic mass is 9.60. The minimum atomic E-state index is -0.229. The van der Waals surface area contributed by atoms with Crippen molar-refractivity contribution in [1.82, 2.24) is 0 Å². The molecule has 122 valence electrons. The minimum Gasteiger partial charge on any atom is -0.504 e. The lowest BCUT2D eigenvalue weighted by molar-refractivity contribution is -0.871. The summed E-state index contributed by atoms with van der Waals surface area (Å²) in [4.78, 5) is 10.9. The first-order valence-electron chi connectivity index (χ1n) is 8.91. The number of fused-ring (bicyclic) bond motifs is 3. The van der Waals surface area contributed by atoms with Gasteiger partial charge in [0.05, 0.1) is 22.7 Å². The zero-order chi connectivity index (χ0) is 15.8. The van der Waals surface area contributed by atoms with Crippen molar-refractivity contribution in [2.75, 3.05) is 6.54 Å². The number of thioether (sulfide) groups is 1. The summed E-state index contributed by atoms with van der Waals surface area (Å²) in [5, 5.41) is 24.4. The molecule has 2 fully saturated rings. The van der Waals surface area contributed by atoms with Crippen LogP contribution in [0.4, 0.5) is 11.4 Å². The molecule has 3 bridgehead atoms. The summed E-state index contributed by atoms with van der Waals surface area (Å²) in [6.07, 6.45) is 5.67. The van der Waals surface area contributed by atoms with Gasteiger partial charge in [0.2, 0.25) is 0 Å². The summed E-state index contributed by atoms with van der Waals surface area (Å²) >= 11 is 1.92. The molecule has 0 radical (unpaired) electrons. The van der Waals surface area contributed by atoms with E-state index in [1.54, 1.807) is 0 Å². The molecule has 5 nitrogen and oxygen atoms in total. The number of phenolic OH excluding ortho intramolecular Hbond substituents is 1. The second kappa shape index (κ2) is 3.74. The molecular weight excluding hydrogens is 322 g/mol. The van der Waals surface area contributed by atoms with Crippen molar-refractivity contribution in [3.8, 4) is 5.75 Å². The molecule has 0 aromatic heterocycles. The quantitative estimate of drug-likeness (QED) is 0.554. The largest absolute Gasteiger partial charge is 0.504 e. The Bertz CT molecular complexity index is 1000. The summed E-state index contributed by atoms with van der Waals surface area (Å²) in [5.41, 5.74) is 4.73. The van der Waals surface area contributed by atoms with Gasteiger partial charge in [-0.3, -0.25) is 14.9 Å². The van der Waals surface area contributed by atoms with Crippen LogP contribution in [-0.2, 0) is 5.41 Å². The number of nitrogens with zero attached hydrogens (tertiary/aromatic N) is 2. The average Bonchev–Trinajstić information content (AvgIpc) is 3.11. The van der Waals surface area contributed by atoms with E-state index in [-0.39, 0.29) is 22.9 Å². The van der Waals surface area contributed by atoms with E-state index in [4.69, 9.17) is 4.99 Å². The molecular formula is C18H18N3O2S+. The van der Waals surface area contributed by atoms with Crippen molar-refractivity contribution in [1.29, 1.82) is 0 Å². The summed E-state index contributed by atoms with van der Waals surface area (Å²) in [6.45, 7) is 1.02. The third-order valence-corrected chi connectivity index (χ3v) is 8.84. The third kappa shape index (κ3) is 1.16. The van der Waals surface area contributed by atoms with Gasteiger partial charge in [0.15, 0.2) is 5.75 Å². The first-order chi connectivity index (χ1) is 11.7. The Morgan fingerprint density at radius 2 is 2.25 bits per heavy atom. The Hall–Kier alpha value is -1.37. The molecule has 1 spiro atoms. The maximum atomic E-state index is 10.9. The van der Waals surface area contributed by atoms with Crippen LogP contribution in [0.3, 0.4) is 0 Å². The van der Waals surface area contributed by atoms with Gasteiger partial charge in [-0.2, -0.15) is 0 Å². The molecule has 1 aromatic rings. The maximum absolute atomic E-state index is 10.9. The molecule has 0 amide bonds. The van der Waals surface area contributed by atoms with Crippen molar-refractivity contribution >= 4 is 34.9 Å². The van der Waals surface area contributed by atoms with E-state index >= 15 is 0 Å². The zero-order valence-electron chi connectivity index (χ0n) is 13.1. The molecule has 1 saturated carbocycles. The topological polar surface area (TPSA) is 69.6 Å². The Morgan fingerprint density at radius 3 is 3.17 bits per heavy atom. The maximum Gasteiger partial charge on any atom is 0.168 e. The zero-order valence-corrected chi connectivity index (χ0v) is 13.9. The van der Waals surface area contributed by atoms with Gasteiger partial charge in [0.1, 0.15) is 28.9 Å². The van der Waals surface area contributed by atoms with E-state index in [0.29, 0.717) is 11.0 Å². The SMILES string of the molecule is Oc1c2c3c4c5c1=N[C@@H]1C[C@@]56CC([C@H](O)CC6S1)[NH+]4CCC=3C=N2. The van der Waals surface area contributed by atoms with E-state index < -0.39 is 0 Å². The number of benzene rings is 1. The van der Waals surface area contributed by atoms with Gasteiger partial charge in [-0.15, -0.1) is 11.8 Å². The normalized spacial score (nSPS) is 44.7. The minimum absolute atomic E-state index is 0.104. The van der Waals surface area contributed by atoms with Crippen LogP contribution in [0.2, 0.25) is 0 Å². The Kier molecular flexibility index (Phi) is 2.01. The molecule has 24 heavy (non-hydrogen) atoms. The van der Waals surface area contributed by atoms with E-state index in [2.05, 4.69) is 4.99 Å². The fourth-order valence-corrected chi connectivity index (χ4v) is 8.22. The molecule has 3 unspecified atom stereocenters. The summed E-state index contributed by atoms with van der Waals surface area (Å²) < 4.78 is 0. The number of aliphatic imine (C=N–C) groups is 1. The summed E-state index contributed by atoms with van der Waals surface area (Å²) in [6, 6.07) is 0.287. The fourth-order valence-electron chi connectivity index (χ4n) is 6.40. The van der Waals surface area contributed by atoms with Crippen molar-refractivity contribution in [3.05, 3.63) is 16.1 Å². The Labute approximate surface area is 142 Å². The van der Waals surface area contributed by atoms with E-state index in [1.165, 1.54) is 21.7 Å². The highest BCUT2D eigenvalue weighted by Crippen LogP contribution is 2.59. The number of aliphatic hydroxyl groups excluding tert-OH is 1. The number of phenols is 1. The highest BCUT2D eigenvalue weighted by molar-refractivity contribution is 8.00. The van der Waals surface area contributed by atoms with Crippen LogP contribution in [0.15, 0.2) is 9.98 Å². The van der Waals surface area contributed by atoms with E-state index in [1.807, 2.05) is 18.0 Å². The van der Waals surface area contributed by atoms with Gasteiger partial charge >= 0.3 is 0 Å². The molecule has 1 saturated heterocycles. The van der Waals surface area contributed by atoms with Gasteiger partial charge in [0.25, 0.3) is 0 Å². The molecule has 3 N–H and O–H groups in total. The Balaban J connectivity index is 1.73. The van der Waals surface area contributed by atoms with Crippen molar-refractivity contribution < 1.29 is 15.1 Å². The Morgan fingerprint density at radius 1 is 1.33 bits per heavy atom. The molecule has 5 aliphatic heterocycles. The number of rotatable bonds is 0. The van der Waals surface area contributed by atoms with Gasteiger partial charge in [-0.1, -0.05) is 0 Å². The monoisotopic (exact) mass is 340 g/mol. The highest BCUT2D eigenvalue weighted by atomic mass is 32.2. The number of aromatic hydroxyl groups is 1. The van der Waals surface area contributed by atoms with E-state index in [9.17, 15) is 10.2 Å². The predicted octanol–water partition coefficient (Wildman–Crippen LogP) is -0.582. The van der Waals surface area contributed by atoms with Gasteiger partial charge in [-0.05, 0) is 18.4 Å². The number of hydrogen-bond donors (Lipinski definition) is 3. The summed E-state index contributed by atoms with van der Waals surface area (Å²) in [5.74, 6) is 0.297. The highest BCUT2D eigenvalue weighted by Gasteiger charge is 2.64. The van der Waals surface area contributed by atoms with Crippen LogP contribution in [0, 0.1) is 0 Å². The molecule has 6 heteroatoms. The van der Waals surface area contributed by atoms with Crippen LogP contribution >= 0.6 is 11.8 Å². The fraction of sp³-hybridized carbons (Fsp3) is 0.556. The molecule has 7 rings (SSSR count). The second-order valence-electron chi connectivity index (χ2n) is 8.16. The average molecular weight is 340 g/mol. The number of nitrogens with one attached hydrogen (secondary N) is 1. The smallest absolute Gasteiger partial charge is 0.168 e. The van der Waals surface area contributed by atoms with Crippen LogP contribution < -0.4 is 15.5 Å². The lowest BCUT2D eigenvalue weighted by Gasteiger charge is -2.52. The third-order valence-electron chi connectivity index (χ3n) is 7.28. The first kappa shape index (κ1) is 12.9. The van der Waals surface area contributed by atoms with Crippen molar-refractivity contribution in [2.24, 2.45) is 9.98 Å². The lowest BCUT2D eigenvalue weighted by Crippen LogP contribution is -3.16. The van der Waals surface area contributed by atoms with Gasteiger partial charge < -0.3 is 10.2 Å². The van der Waals surface area contributed by atoms with Crippen LogP contribution in [0.5, 0.6) is 5.75 Å². The van der Waals surface area contributed by atoms with Gasteiger partial charge in [0, 0.05) is 29.7 Å². The predicted molar refractivity (Wildman–Crippen MR) is 91.0 cm³/mol. The molecule has 1 aromatic carbocycles. The van der Waals surface area contributed by atoms with Crippen LogP contribution in [-0.4, -0.2) is 45.7 Å².